The van der Waals surface area contributed by atoms with E-state index in [4.69, 9.17) is 17.0 Å². The van der Waals surface area contributed by atoms with Crippen molar-refractivity contribution >= 4 is 17.3 Å². The van der Waals surface area contributed by atoms with Gasteiger partial charge < -0.3 is 15.4 Å². The Bertz CT molecular complexity index is 261. The highest BCUT2D eigenvalue weighted by molar-refractivity contribution is 7.80. The fourth-order valence-electron chi connectivity index (χ4n) is 3.01. The van der Waals surface area contributed by atoms with Crippen molar-refractivity contribution in [3.05, 3.63) is 0 Å². The van der Waals surface area contributed by atoms with Crippen LogP contribution in [-0.4, -0.2) is 30.4 Å². The fourth-order valence-corrected chi connectivity index (χ4v) is 3.37. The molecule has 1 aliphatic carbocycles. The molecule has 2 N–H and O–H groups in total. The van der Waals surface area contributed by atoms with Gasteiger partial charge in [-0.15, -0.1) is 0 Å². The number of nitrogens with one attached hydrogen (secondary N) is 2. The van der Waals surface area contributed by atoms with E-state index in [0.717, 1.165) is 31.2 Å². The number of ether oxygens (including phenoxy) is 1. The minimum absolute atomic E-state index is 0.456. The molecule has 2 fully saturated rings. The highest BCUT2D eigenvalue weighted by Gasteiger charge is 2.21. The number of hydrogen-bond acceptors (Lipinski definition) is 2. The first-order valence-electron chi connectivity index (χ1n) is 7.40. The first-order valence-corrected chi connectivity index (χ1v) is 7.81. The topological polar surface area (TPSA) is 33.3 Å². The molecule has 1 saturated carbocycles. The summed E-state index contributed by atoms with van der Waals surface area (Å²) in [4.78, 5) is 0. The zero-order chi connectivity index (χ0) is 12.8. The smallest absolute Gasteiger partial charge is 0.166 e. The molecule has 2 rings (SSSR count). The Balaban J connectivity index is 1.68. The summed E-state index contributed by atoms with van der Waals surface area (Å²) in [5.41, 5.74) is 0. The summed E-state index contributed by atoms with van der Waals surface area (Å²) >= 11 is 5.43. The molecule has 1 atom stereocenters. The molecule has 0 spiro atoms. The molecule has 104 valence electrons. The van der Waals surface area contributed by atoms with Gasteiger partial charge in [0.25, 0.3) is 0 Å². The van der Waals surface area contributed by atoms with Gasteiger partial charge in [0.1, 0.15) is 0 Å². The van der Waals surface area contributed by atoms with E-state index >= 15 is 0 Å². The molecule has 1 saturated heterocycles. The van der Waals surface area contributed by atoms with Crippen molar-refractivity contribution in [1.82, 2.24) is 10.6 Å². The highest BCUT2D eigenvalue weighted by Crippen LogP contribution is 2.19. The molecule has 0 radical (unpaired) electrons. The maximum absolute atomic E-state index is 5.43. The van der Waals surface area contributed by atoms with E-state index in [1.54, 1.807) is 0 Å². The van der Waals surface area contributed by atoms with Crippen molar-refractivity contribution in [3.8, 4) is 0 Å². The minimum atomic E-state index is 0.456. The Morgan fingerprint density at radius 1 is 1.11 bits per heavy atom. The van der Waals surface area contributed by atoms with Crippen LogP contribution in [0.2, 0.25) is 0 Å². The summed E-state index contributed by atoms with van der Waals surface area (Å²) < 4.78 is 5.40. The number of rotatable bonds is 3. The average molecular weight is 270 g/mol. The summed E-state index contributed by atoms with van der Waals surface area (Å²) in [7, 11) is 0. The molecule has 0 aromatic heterocycles. The molecule has 1 unspecified atom stereocenters. The Morgan fingerprint density at radius 2 is 1.78 bits per heavy atom. The maximum atomic E-state index is 5.43. The van der Waals surface area contributed by atoms with Gasteiger partial charge in [-0.25, -0.2) is 0 Å². The van der Waals surface area contributed by atoms with Crippen molar-refractivity contribution in [2.75, 3.05) is 13.2 Å². The Kier molecular flexibility index (Phi) is 5.70. The number of hydrogen-bond donors (Lipinski definition) is 2. The van der Waals surface area contributed by atoms with Crippen molar-refractivity contribution in [2.45, 2.75) is 64.0 Å². The largest absolute Gasteiger partial charge is 0.381 e. The highest BCUT2D eigenvalue weighted by atomic mass is 32.1. The van der Waals surface area contributed by atoms with Gasteiger partial charge in [0.2, 0.25) is 0 Å². The summed E-state index contributed by atoms with van der Waals surface area (Å²) in [6.07, 6.45) is 8.92. The van der Waals surface area contributed by atoms with Crippen LogP contribution in [0.25, 0.3) is 0 Å². The molecule has 2 aliphatic rings. The Labute approximate surface area is 116 Å². The first kappa shape index (κ1) is 14.1. The van der Waals surface area contributed by atoms with Crippen LogP contribution in [0, 0.1) is 5.92 Å². The monoisotopic (exact) mass is 270 g/mol. The van der Waals surface area contributed by atoms with Gasteiger partial charge in [-0.2, -0.15) is 0 Å². The maximum Gasteiger partial charge on any atom is 0.166 e. The standard InChI is InChI=1S/C14H26N2OS/c1-11(12-7-9-17-10-8-12)15-14(18)16-13-5-3-2-4-6-13/h11-13H,2-10H2,1H3,(H2,15,16,18). The van der Waals surface area contributed by atoms with E-state index in [1.807, 2.05) is 0 Å². The van der Waals surface area contributed by atoms with Crippen LogP contribution in [0.15, 0.2) is 0 Å². The van der Waals surface area contributed by atoms with E-state index in [1.165, 1.54) is 32.1 Å². The van der Waals surface area contributed by atoms with Crippen LogP contribution < -0.4 is 10.6 Å². The van der Waals surface area contributed by atoms with Crippen LogP contribution in [0.3, 0.4) is 0 Å². The molecule has 1 aliphatic heterocycles. The SMILES string of the molecule is CC(NC(=S)NC1CCCCC1)C1CCOCC1. The molecule has 0 aromatic rings. The van der Waals surface area contributed by atoms with Crippen LogP contribution in [0.1, 0.15) is 51.9 Å². The van der Waals surface area contributed by atoms with Crippen molar-refractivity contribution < 1.29 is 4.74 Å². The van der Waals surface area contributed by atoms with Gasteiger partial charge in [-0.3, -0.25) is 0 Å². The van der Waals surface area contributed by atoms with Crippen molar-refractivity contribution in [3.63, 3.8) is 0 Å². The van der Waals surface area contributed by atoms with Crippen LogP contribution in [0.4, 0.5) is 0 Å². The van der Waals surface area contributed by atoms with E-state index in [9.17, 15) is 0 Å². The molecule has 4 heteroatoms. The summed E-state index contributed by atoms with van der Waals surface area (Å²) in [5, 5.41) is 7.79. The quantitative estimate of drug-likeness (QED) is 0.772. The van der Waals surface area contributed by atoms with Gasteiger partial charge >= 0.3 is 0 Å². The second-order valence-electron chi connectivity index (χ2n) is 5.69. The summed E-state index contributed by atoms with van der Waals surface area (Å²) in [6, 6.07) is 1.05. The van der Waals surface area contributed by atoms with Gasteiger partial charge in [0.05, 0.1) is 0 Å². The lowest BCUT2D eigenvalue weighted by Crippen LogP contribution is -2.48. The Morgan fingerprint density at radius 3 is 2.44 bits per heavy atom. The van der Waals surface area contributed by atoms with Crippen LogP contribution >= 0.6 is 12.2 Å². The normalized spacial score (nSPS) is 24.5. The average Bonchev–Trinajstić information content (AvgIpc) is 2.40. The summed E-state index contributed by atoms with van der Waals surface area (Å²) in [5.74, 6) is 0.699. The minimum Gasteiger partial charge on any atom is -0.381 e. The van der Waals surface area contributed by atoms with Crippen molar-refractivity contribution in [2.24, 2.45) is 5.92 Å². The predicted octanol–water partition coefficient (Wildman–Crippen LogP) is 2.60. The van der Waals surface area contributed by atoms with Gasteiger partial charge in [-0.1, -0.05) is 19.3 Å². The van der Waals surface area contributed by atoms with Crippen LogP contribution in [0.5, 0.6) is 0 Å². The van der Waals surface area contributed by atoms with Gasteiger partial charge in [-0.05, 0) is 50.7 Å². The third-order valence-corrected chi connectivity index (χ3v) is 4.51. The third kappa shape index (κ3) is 4.39. The third-order valence-electron chi connectivity index (χ3n) is 4.27. The van der Waals surface area contributed by atoms with Crippen molar-refractivity contribution in [1.29, 1.82) is 0 Å². The zero-order valence-electron chi connectivity index (χ0n) is 11.4. The second-order valence-corrected chi connectivity index (χ2v) is 6.10. The molecule has 18 heavy (non-hydrogen) atoms. The lowest BCUT2D eigenvalue weighted by molar-refractivity contribution is 0.0581. The second kappa shape index (κ2) is 7.29. The predicted molar refractivity (Wildman–Crippen MR) is 78.7 cm³/mol. The molecular weight excluding hydrogens is 244 g/mol. The molecule has 3 nitrogen and oxygen atoms in total. The molecule has 0 aromatic carbocycles. The van der Waals surface area contributed by atoms with E-state index in [2.05, 4.69) is 17.6 Å². The molecule has 0 amide bonds. The number of thiocarbonyl (C=S) groups is 1. The van der Waals surface area contributed by atoms with E-state index in [-0.39, 0.29) is 0 Å². The fraction of sp³-hybridized carbons (Fsp3) is 0.929. The van der Waals surface area contributed by atoms with Gasteiger partial charge in [0, 0.05) is 25.3 Å². The summed E-state index contributed by atoms with van der Waals surface area (Å²) in [6.45, 7) is 4.05. The van der Waals surface area contributed by atoms with Gasteiger partial charge in [0.15, 0.2) is 5.11 Å². The lowest BCUT2D eigenvalue weighted by Gasteiger charge is -2.31. The zero-order valence-corrected chi connectivity index (χ0v) is 12.2. The molecule has 0 bridgehead atoms. The molecular formula is C14H26N2OS. The lowest BCUT2D eigenvalue weighted by atomic mass is 9.93. The van der Waals surface area contributed by atoms with E-state index < -0.39 is 0 Å². The molecule has 1 heterocycles. The Hall–Kier alpha value is -0.350. The van der Waals surface area contributed by atoms with Crippen LogP contribution in [-0.2, 0) is 4.74 Å². The van der Waals surface area contributed by atoms with E-state index in [0.29, 0.717) is 18.0 Å². The first-order chi connectivity index (χ1) is 8.75.